The normalized spacial score (nSPS) is 13.0. The van der Waals surface area contributed by atoms with Crippen LogP contribution in [0, 0.1) is 0 Å². The van der Waals surface area contributed by atoms with Crippen LogP contribution in [0.15, 0.2) is 18.2 Å². The molecule has 0 spiro atoms. The third-order valence-electron chi connectivity index (χ3n) is 6.11. The summed E-state index contributed by atoms with van der Waals surface area (Å²) in [5.41, 5.74) is 3.19. The number of methoxy groups -OCH3 is 1. The zero-order valence-corrected chi connectivity index (χ0v) is 20.7. The van der Waals surface area contributed by atoms with E-state index in [1.165, 1.54) is 0 Å². The van der Waals surface area contributed by atoms with E-state index in [0.717, 1.165) is 23.3 Å². The number of hydrogen-bond acceptors (Lipinski definition) is 4. The van der Waals surface area contributed by atoms with E-state index in [1.807, 2.05) is 12.1 Å². The average molecular weight is 411 g/mol. The lowest BCUT2D eigenvalue weighted by atomic mass is 10.00. The second-order valence-corrected chi connectivity index (χ2v) is 14.7. The van der Waals surface area contributed by atoms with E-state index in [9.17, 15) is 0 Å². The van der Waals surface area contributed by atoms with Crippen molar-refractivity contribution in [1.82, 2.24) is 0 Å². The second-order valence-electron chi connectivity index (χ2n) is 9.26. The molecule has 28 heavy (non-hydrogen) atoms. The SMILES string of the molecule is CCC(C)(C)[Si](OOCc1ccc(OCOC)c(C(C)C)c1)(C(C)C)C(C)C. The van der Waals surface area contributed by atoms with Gasteiger partial charge in [0.2, 0.25) is 8.32 Å². The van der Waals surface area contributed by atoms with Crippen LogP contribution >= 0.6 is 0 Å². The molecule has 0 aliphatic rings. The molecule has 0 radical (unpaired) electrons. The van der Waals surface area contributed by atoms with E-state index in [4.69, 9.17) is 18.9 Å². The van der Waals surface area contributed by atoms with Gasteiger partial charge in [-0.25, -0.2) is 4.89 Å². The Hall–Kier alpha value is -0.883. The summed E-state index contributed by atoms with van der Waals surface area (Å²) in [6.07, 6.45) is 1.09. The summed E-state index contributed by atoms with van der Waals surface area (Å²) in [6.45, 7) is 21.1. The van der Waals surface area contributed by atoms with E-state index < -0.39 is 8.32 Å². The molecule has 0 saturated heterocycles. The van der Waals surface area contributed by atoms with Gasteiger partial charge in [-0.3, -0.25) is 4.58 Å². The fraction of sp³-hybridized carbons (Fsp3) is 0.739. The van der Waals surface area contributed by atoms with Crippen molar-refractivity contribution in [1.29, 1.82) is 0 Å². The molecule has 162 valence electrons. The van der Waals surface area contributed by atoms with Crippen molar-refractivity contribution in [3.05, 3.63) is 29.3 Å². The molecule has 0 aliphatic heterocycles. The minimum Gasteiger partial charge on any atom is -0.467 e. The molecule has 0 bridgehead atoms. The molecule has 0 fully saturated rings. The summed E-state index contributed by atoms with van der Waals surface area (Å²) in [5, 5.41) is 0.135. The molecular formula is C23H42O4Si. The standard InChI is InChI=1S/C23H42O4Si/c1-11-23(8,9)28(18(4)5,19(6)7)27-26-15-20-12-13-22(25-16-24-10)21(14-20)17(2)3/h12-14,17-19H,11,15-16H2,1-10H3. The van der Waals surface area contributed by atoms with Gasteiger partial charge < -0.3 is 9.47 Å². The molecule has 0 aromatic heterocycles. The van der Waals surface area contributed by atoms with Crippen LogP contribution in [0.3, 0.4) is 0 Å². The Morgan fingerprint density at radius 1 is 1.00 bits per heavy atom. The summed E-state index contributed by atoms with van der Waals surface area (Å²) in [4.78, 5) is 5.95. The van der Waals surface area contributed by atoms with Crippen molar-refractivity contribution in [3.8, 4) is 5.75 Å². The van der Waals surface area contributed by atoms with Crippen molar-refractivity contribution >= 4 is 8.32 Å². The summed E-state index contributed by atoms with van der Waals surface area (Å²) in [5.74, 6) is 1.22. The molecule has 0 heterocycles. The van der Waals surface area contributed by atoms with Gasteiger partial charge in [-0.2, -0.15) is 0 Å². The minimum atomic E-state index is -2.16. The molecule has 1 rings (SSSR count). The van der Waals surface area contributed by atoms with Crippen molar-refractivity contribution in [3.63, 3.8) is 0 Å². The smallest absolute Gasteiger partial charge is 0.249 e. The fourth-order valence-electron chi connectivity index (χ4n) is 4.40. The highest BCUT2D eigenvalue weighted by molar-refractivity contribution is 6.79. The lowest BCUT2D eigenvalue weighted by Crippen LogP contribution is -2.53. The molecule has 4 nitrogen and oxygen atoms in total. The van der Waals surface area contributed by atoms with Crippen LogP contribution in [0.1, 0.15) is 85.8 Å². The first-order chi connectivity index (χ1) is 13.0. The van der Waals surface area contributed by atoms with Gasteiger partial charge in [0.1, 0.15) is 12.4 Å². The van der Waals surface area contributed by atoms with Crippen LogP contribution < -0.4 is 4.74 Å². The van der Waals surface area contributed by atoms with Crippen LogP contribution in [-0.2, 0) is 20.8 Å². The van der Waals surface area contributed by atoms with Gasteiger partial charge in [-0.05, 0) is 45.3 Å². The van der Waals surface area contributed by atoms with Crippen molar-refractivity contribution < 1.29 is 18.9 Å². The van der Waals surface area contributed by atoms with E-state index >= 15 is 0 Å². The minimum absolute atomic E-state index is 0.135. The highest BCUT2D eigenvalue weighted by atomic mass is 28.4. The third kappa shape index (κ3) is 5.59. The van der Waals surface area contributed by atoms with Gasteiger partial charge in [0, 0.05) is 7.11 Å². The summed E-state index contributed by atoms with van der Waals surface area (Å²) < 4.78 is 17.1. The van der Waals surface area contributed by atoms with Crippen LogP contribution in [0.2, 0.25) is 16.1 Å². The summed E-state index contributed by atoms with van der Waals surface area (Å²) in [6, 6.07) is 6.19. The zero-order chi connectivity index (χ0) is 21.5. The molecular weight excluding hydrogens is 368 g/mol. The molecule has 0 amide bonds. The predicted octanol–water partition coefficient (Wildman–Crippen LogP) is 7.20. The first-order valence-corrected chi connectivity index (χ1v) is 12.6. The maximum atomic E-state index is 6.40. The second kappa shape index (κ2) is 10.8. The van der Waals surface area contributed by atoms with Crippen LogP contribution in [0.4, 0.5) is 0 Å². The van der Waals surface area contributed by atoms with Crippen LogP contribution in [0.5, 0.6) is 5.75 Å². The first kappa shape index (κ1) is 25.2. The lowest BCUT2D eigenvalue weighted by molar-refractivity contribution is -0.236. The Labute approximate surface area is 174 Å². The maximum Gasteiger partial charge on any atom is 0.249 e. The molecule has 0 saturated carbocycles. The Balaban J connectivity index is 2.99. The first-order valence-electron chi connectivity index (χ1n) is 10.6. The Bertz CT molecular complexity index is 588. The third-order valence-corrected chi connectivity index (χ3v) is 12.4. The van der Waals surface area contributed by atoms with E-state index in [-0.39, 0.29) is 11.8 Å². The Morgan fingerprint density at radius 2 is 1.61 bits per heavy atom. The summed E-state index contributed by atoms with van der Waals surface area (Å²) in [7, 11) is -0.528. The van der Waals surface area contributed by atoms with Crippen molar-refractivity contribution in [2.45, 2.75) is 97.4 Å². The molecule has 0 unspecified atom stereocenters. The quantitative estimate of drug-likeness (QED) is 0.158. The monoisotopic (exact) mass is 410 g/mol. The topological polar surface area (TPSA) is 36.9 Å². The highest BCUT2D eigenvalue weighted by Crippen LogP contribution is 2.53. The zero-order valence-electron chi connectivity index (χ0n) is 19.7. The van der Waals surface area contributed by atoms with Crippen LogP contribution in [-0.4, -0.2) is 22.2 Å². The van der Waals surface area contributed by atoms with Crippen molar-refractivity contribution in [2.24, 2.45) is 0 Å². The molecule has 0 N–H and O–H groups in total. The van der Waals surface area contributed by atoms with Gasteiger partial charge in [-0.1, -0.05) is 74.8 Å². The van der Waals surface area contributed by atoms with Gasteiger partial charge in [-0.15, -0.1) is 0 Å². The van der Waals surface area contributed by atoms with Gasteiger partial charge in [0.15, 0.2) is 6.79 Å². The van der Waals surface area contributed by atoms with Gasteiger partial charge in [0.25, 0.3) is 0 Å². The maximum absolute atomic E-state index is 6.40. The Morgan fingerprint density at radius 3 is 2.07 bits per heavy atom. The average Bonchev–Trinajstić information content (AvgIpc) is 2.62. The number of ether oxygens (including phenoxy) is 2. The highest BCUT2D eigenvalue weighted by Gasteiger charge is 2.55. The van der Waals surface area contributed by atoms with E-state index in [1.54, 1.807) is 7.11 Å². The molecule has 0 atom stereocenters. The van der Waals surface area contributed by atoms with E-state index in [0.29, 0.717) is 23.6 Å². The predicted molar refractivity (Wildman–Crippen MR) is 119 cm³/mol. The molecule has 0 aliphatic carbocycles. The lowest BCUT2D eigenvalue weighted by Gasteiger charge is -2.48. The molecule has 1 aromatic rings. The van der Waals surface area contributed by atoms with Crippen molar-refractivity contribution in [2.75, 3.05) is 13.9 Å². The number of benzene rings is 1. The fourth-order valence-corrected chi connectivity index (χ4v) is 10.3. The summed E-state index contributed by atoms with van der Waals surface area (Å²) >= 11 is 0. The van der Waals surface area contributed by atoms with Crippen LogP contribution in [0.25, 0.3) is 0 Å². The largest absolute Gasteiger partial charge is 0.467 e. The van der Waals surface area contributed by atoms with E-state index in [2.05, 4.69) is 68.4 Å². The number of rotatable bonds is 12. The van der Waals surface area contributed by atoms with Gasteiger partial charge in [0.05, 0.1) is 0 Å². The molecule has 5 heteroatoms. The Kier molecular flexibility index (Phi) is 9.67. The van der Waals surface area contributed by atoms with Gasteiger partial charge >= 0.3 is 0 Å². The molecule has 1 aromatic carbocycles. The number of hydrogen-bond donors (Lipinski definition) is 0.